The molecule has 10 heavy (non-hydrogen) atoms. The molecule has 0 aromatic rings. The van der Waals surface area contributed by atoms with Crippen LogP contribution < -0.4 is 0 Å². The summed E-state index contributed by atoms with van der Waals surface area (Å²) in [7, 11) is 0. The lowest BCUT2D eigenvalue weighted by molar-refractivity contribution is 0.185. The summed E-state index contributed by atoms with van der Waals surface area (Å²) in [5, 5.41) is 7.55. The minimum atomic E-state index is -1.49. The fourth-order valence-electron chi connectivity index (χ4n) is 0.601. The van der Waals surface area contributed by atoms with Gasteiger partial charge < -0.3 is 5.11 Å². The van der Waals surface area contributed by atoms with E-state index in [1.807, 2.05) is 0 Å². The fourth-order valence-corrected chi connectivity index (χ4v) is 1.19. The molecule has 1 aliphatic carbocycles. The van der Waals surface area contributed by atoms with Gasteiger partial charge >= 0.3 is 0 Å². The van der Waals surface area contributed by atoms with Gasteiger partial charge in [-0.15, -0.1) is 11.6 Å². The van der Waals surface area contributed by atoms with Crippen LogP contribution in [-0.4, -0.2) is 15.5 Å². The van der Waals surface area contributed by atoms with E-state index in [-0.39, 0.29) is 0 Å². The van der Waals surface area contributed by atoms with Crippen molar-refractivity contribution in [1.82, 2.24) is 0 Å². The summed E-state index contributed by atoms with van der Waals surface area (Å²) in [5.74, 6) is 0. The first-order valence-corrected chi connectivity index (χ1v) is 3.83. The van der Waals surface area contributed by atoms with Gasteiger partial charge in [-0.2, -0.15) is 0 Å². The minimum Gasteiger partial charge on any atom is -0.370 e. The highest BCUT2D eigenvalue weighted by Crippen LogP contribution is 2.30. The van der Waals surface area contributed by atoms with Gasteiger partial charge in [0.1, 0.15) is 5.38 Å². The molecule has 56 valence electrons. The SMILES string of the molecule is OC1(Cl)C=CC(Cl)=CC1Cl. The van der Waals surface area contributed by atoms with Crippen molar-refractivity contribution in [2.75, 3.05) is 0 Å². The first-order chi connectivity index (χ1) is 4.52. The van der Waals surface area contributed by atoms with Gasteiger partial charge in [0.05, 0.1) is 0 Å². The van der Waals surface area contributed by atoms with Crippen LogP contribution in [0.25, 0.3) is 0 Å². The Morgan fingerprint density at radius 1 is 1.60 bits per heavy atom. The number of hydrogen-bond donors (Lipinski definition) is 1. The molecule has 0 heterocycles. The monoisotopic (exact) mass is 198 g/mol. The van der Waals surface area contributed by atoms with Crippen molar-refractivity contribution in [2.24, 2.45) is 0 Å². The van der Waals surface area contributed by atoms with Gasteiger partial charge in [0.2, 0.25) is 0 Å². The van der Waals surface area contributed by atoms with Gasteiger partial charge in [-0.05, 0) is 18.2 Å². The highest BCUT2D eigenvalue weighted by atomic mass is 35.5. The molecule has 0 spiro atoms. The zero-order chi connectivity index (χ0) is 7.78. The fraction of sp³-hybridized carbons (Fsp3) is 0.333. The van der Waals surface area contributed by atoms with E-state index in [2.05, 4.69) is 0 Å². The van der Waals surface area contributed by atoms with Crippen molar-refractivity contribution in [3.8, 4) is 0 Å². The molecule has 0 aromatic carbocycles. The third-order valence-electron chi connectivity index (χ3n) is 1.17. The Labute approximate surface area is 73.9 Å². The molecular formula is C6H5Cl3O. The Balaban J connectivity index is 2.84. The van der Waals surface area contributed by atoms with E-state index >= 15 is 0 Å². The molecule has 0 aromatic heterocycles. The standard InChI is InChI=1S/C6H5Cl3O/c7-4-1-2-6(9,10)5(8)3-4/h1-3,5,10H. The summed E-state index contributed by atoms with van der Waals surface area (Å²) in [6, 6.07) is 0. The minimum absolute atomic E-state index is 0.491. The van der Waals surface area contributed by atoms with E-state index in [4.69, 9.17) is 34.8 Å². The number of rotatable bonds is 0. The molecule has 0 aliphatic heterocycles. The molecule has 1 rings (SSSR count). The summed E-state index contributed by atoms with van der Waals surface area (Å²) in [5.41, 5.74) is 0. The van der Waals surface area contributed by atoms with Gasteiger partial charge in [0, 0.05) is 5.03 Å². The predicted octanol–water partition coefficient (Wildman–Crippen LogP) is 2.21. The van der Waals surface area contributed by atoms with Gasteiger partial charge in [0.15, 0.2) is 5.06 Å². The van der Waals surface area contributed by atoms with Crippen LogP contribution in [0.1, 0.15) is 0 Å². The topological polar surface area (TPSA) is 20.2 Å². The molecule has 1 nitrogen and oxygen atoms in total. The molecule has 0 amide bonds. The second-order valence-corrected chi connectivity index (χ2v) is 3.53. The van der Waals surface area contributed by atoms with E-state index in [9.17, 15) is 5.11 Å². The molecule has 0 saturated heterocycles. The zero-order valence-corrected chi connectivity index (χ0v) is 7.16. The molecule has 1 aliphatic rings. The number of aliphatic hydroxyl groups is 1. The number of hydrogen-bond acceptors (Lipinski definition) is 1. The van der Waals surface area contributed by atoms with Crippen molar-refractivity contribution in [3.05, 3.63) is 23.3 Å². The normalized spacial score (nSPS) is 39.6. The Hall–Kier alpha value is 0.310. The van der Waals surface area contributed by atoms with Crippen LogP contribution in [0, 0.1) is 0 Å². The summed E-state index contributed by atoms with van der Waals surface area (Å²) < 4.78 is 0. The molecular weight excluding hydrogens is 194 g/mol. The van der Waals surface area contributed by atoms with Crippen molar-refractivity contribution < 1.29 is 5.11 Å². The lowest BCUT2D eigenvalue weighted by Gasteiger charge is -2.22. The van der Waals surface area contributed by atoms with E-state index in [0.717, 1.165) is 0 Å². The van der Waals surface area contributed by atoms with Gasteiger partial charge in [-0.1, -0.05) is 23.2 Å². The number of halogens is 3. The van der Waals surface area contributed by atoms with E-state index in [1.165, 1.54) is 18.2 Å². The van der Waals surface area contributed by atoms with Crippen molar-refractivity contribution >= 4 is 34.8 Å². The van der Waals surface area contributed by atoms with Crippen LogP contribution >= 0.6 is 34.8 Å². The van der Waals surface area contributed by atoms with Crippen molar-refractivity contribution in [1.29, 1.82) is 0 Å². The molecule has 4 heteroatoms. The number of allylic oxidation sites excluding steroid dienone is 2. The first-order valence-electron chi connectivity index (χ1n) is 2.64. The van der Waals surface area contributed by atoms with Crippen molar-refractivity contribution in [3.63, 3.8) is 0 Å². The molecule has 0 fully saturated rings. The van der Waals surface area contributed by atoms with Gasteiger partial charge in [-0.3, -0.25) is 0 Å². The zero-order valence-electron chi connectivity index (χ0n) is 4.89. The highest BCUT2D eigenvalue weighted by Gasteiger charge is 2.30. The Morgan fingerprint density at radius 2 is 2.20 bits per heavy atom. The van der Waals surface area contributed by atoms with Crippen LogP contribution in [0.5, 0.6) is 0 Å². The lowest BCUT2D eigenvalue weighted by atomic mass is 10.1. The van der Waals surface area contributed by atoms with Crippen LogP contribution in [0.2, 0.25) is 0 Å². The van der Waals surface area contributed by atoms with Crippen LogP contribution in [0.15, 0.2) is 23.3 Å². The molecule has 0 radical (unpaired) electrons. The summed E-state index contributed by atoms with van der Waals surface area (Å²) in [6.07, 6.45) is 4.35. The maximum absolute atomic E-state index is 9.20. The van der Waals surface area contributed by atoms with Gasteiger partial charge in [0.25, 0.3) is 0 Å². The smallest absolute Gasteiger partial charge is 0.177 e. The molecule has 1 N–H and O–H groups in total. The molecule has 2 unspecified atom stereocenters. The maximum atomic E-state index is 9.20. The van der Waals surface area contributed by atoms with Crippen molar-refractivity contribution in [2.45, 2.75) is 10.4 Å². The third kappa shape index (κ3) is 1.67. The number of alkyl halides is 2. The first kappa shape index (κ1) is 8.41. The average molecular weight is 199 g/mol. The van der Waals surface area contributed by atoms with E-state index in [1.54, 1.807) is 0 Å². The van der Waals surface area contributed by atoms with Crippen LogP contribution in [0.4, 0.5) is 0 Å². The summed E-state index contributed by atoms with van der Waals surface area (Å²) in [4.78, 5) is 0. The summed E-state index contributed by atoms with van der Waals surface area (Å²) >= 11 is 16.7. The summed E-state index contributed by atoms with van der Waals surface area (Å²) in [6.45, 7) is 0. The molecule has 0 saturated carbocycles. The third-order valence-corrected chi connectivity index (χ3v) is 2.35. The highest BCUT2D eigenvalue weighted by molar-refractivity contribution is 6.36. The largest absolute Gasteiger partial charge is 0.370 e. The second-order valence-electron chi connectivity index (χ2n) is 2.01. The van der Waals surface area contributed by atoms with E-state index in [0.29, 0.717) is 5.03 Å². The van der Waals surface area contributed by atoms with Gasteiger partial charge in [-0.25, -0.2) is 0 Å². The predicted molar refractivity (Wildman–Crippen MR) is 43.5 cm³/mol. The Morgan fingerprint density at radius 3 is 2.60 bits per heavy atom. The Kier molecular flexibility index (Phi) is 2.31. The average Bonchev–Trinajstić information content (AvgIpc) is 1.81. The molecule has 2 atom stereocenters. The van der Waals surface area contributed by atoms with E-state index < -0.39 is 10.4 Å². The molecule has 0 bridgehead atoms. The second kappa shape index (κ2) is 2.74. The lowest BCUT2D eigenvalue weighted by Crippen LogP contribution is -2.30. The van der Waals surface area contributed by atoms with Crippen LogP contribution in [0.3, 0.4) is 0 Å². The maximum Gasteiger partial charge on any atom is 0.177 e. The Bertz CT molecular complexity index is 195. The quantitative estimate of drug-likeness (QED) is 0.593. The van der Waals surface area contributed by atoms with Crippen LogP contribution in [-0.2, 0) is 0 Å².